The highest BCUT2D eigenvalue weighted by Gasteiger charge is 2.30. The summed E-state index contributed by atoms with van der Waals surface area (Å²) in [5, 5.41) is 7.60. The molecule has 0 aliphatic heterocycles. The van der Waals surface area contributed by atoms with E-state index in [4.69, 9.17) is 0 Å². The molecule has 28 heavy (non-hydrogen) atoms. The second kappa shape index (κ2) is 6.69. The van der Waals surface area contributed by atoms with Gasteiger partial charge in [-0.1, -0.05) is 23.9 Å². The molecule has 0 aliphatic carbocycles. The van der Waals surface area contributed by atoms with Crippen LogP contribution in [0.4, 0.5) is 13.2 Å². The number of hydrogen-bond acceptors (Lipinski definition) is 4. The lowest BCUT2D eigenvalue weighted by molar-refractivity contribution is -0.141. The number of rotatable bonds is 5. The molecule has 4 rings (SSSR count). The first kappa shape index (κ1) is 18.6. The third-order valence-electron chi connectivity index (χ3n) is 4.55. The van der Waals surface area contributed by atoms with Crippen LogP contribution in [0.3, 0.4) is 0 Å². The Bertz CT molecular complexity index is 1190. The number of nitrogens with one attached hydrogen (secondary N) is 1. The van der Waals surface area contributed by atoms with Crippen molar-refractivity contribution >= 4 is 34.4 Å². The van der Waals surface area contributed by atoms with Crippen molar-refractivity contribution in [3.8, 4) is 0 Å². The molecule has 0 radical (unpaired) electrons. The molecule has 0 spiro atoms. The van der Waals surface area contributed by atoms with E-state index in [-0.39, 0.29) is 11.5 Å². The highest BCUT2D eigenvalue weighted by atomic mass is 32.2. The van der Waals surface area contributed by atoms with E-state index in [2.05, 4.69) is 15.2 Å². The number of alkyl halides is 3. The number of imidazole rings is 1. The van der Waals surface area contributed by atoms with Gasteiger partial charge in [0.1, 0.15) is 6.54 Å². The molecule has 4 aromatic rings. The van der Waals surface area contributed by atoms with Crippen LogP contribution in [0.1, 0.15) is 21.7 Å². The quantitative estimate of drug-likeness (QED) is 0.398. The average Bonchev–Trinajstić information content (AvgIpc) is 3.27. The molecular formula is C18H16F3N5OS. The van der Waals surface area contributed by atoms with Gasteiger partial charge in [0, 0.05) is 17.0 Å². The molecule has 0 saturated heterocycles. The van der Waals surface area contributed by atoms with Crippen molar-refractivity contribution in [2.24, 2.45) is 0 Å². The molecule has 0 unspecified atom stereocenters. The highest BCUT2D eigenvalue weighted by Crippen LogP contribution is 2.26. The van der Waals surface area contributed by atoms with Gasteiger partial charge in [-0.3, -0.25) is 9.20 Å². The van der Waals surface area contributed by atoms with E-state index in [1.54, 1.807) is 6.92 Å². The number of aromatic nitrogens is 5. The minimum atomic E-state index is -4.34. The van der Waals surface area contributed by atoms with Crippen LogP contribution < -0.4 is 0 Å². The van der Waals surface area contributed by atoms with E-state index in [9.17, 15) is 18.0 Å². The van der Waals surface area contributed by atoms with Gasteiger partial charge >= 0.3 is 6.18 Å². The fraction of sp³-hybridized carbons (Fsp3) is 0.278. The van der Waals surface area contributed by atoms with Gasteiger partial charge in [0.05, 0.1) is 16.8 Å². The fourth-order valence-corrected chi connectivity index (χ4v) is 4.09. The number of nitrogens with zero attached hydrogens (tertiary/aromatic N) is 4. The van der Waals surface area contributed by atoms with Crippen LogP contribution in [0.25, 0.3) is 16.8 Å². The molecule has 0 atom stereocenters. The second-order valence-electron chi connectivity index (χ2n) is 6.46. The SMILES string of the molecule is Cc1cc(C(=O)CSc2n[nH]c3nc4ccccc4n23)c(C)n1CC(F)(F)F. The number of ketones is 1. The third kappa shape index (κ3) is 3.28. The molecule has 0 bridgehead atoms. The average molecular weight is 407 g/mol. The van der Waals surface area contributed by atoms with Gasteiger partial charge in [-0.05, 0) is 32.0 Å². The van der Waals surface area contributed by atoms with Crippen molar-refractivity contribution in [2.75, 3.05) is 5.75 Å². The van der Waals surface area contributed by atoms with E-state index >= 15 is 0 Å². The van der Waals surface area contributed by atoms with E-state index in [1.165, 1.54) is 24.8 Å². The summed E-state index contributed by atoms with van der Waals surface area (Å²) in [6.45, 7) is 2.00. The van der Waals surface area contributed by atoms with Gasteiger partial charge in [0.2, 0.25) is 5.78 Å². The van der Waals surface area contributed by atoms with Crippen LogP contribution in [0, 0.1) is 13.8 Å². The van der Waals surface area contributed by atoms with E-state index < -0.39 is 12.7 Å². The van der Waals surface area contributed by atoms with Gasteiger partial charge in [-0.15, -0.1) is 5.10 Å². The zero-order valence-electron chi connectivity index (χ0n) is 15.0. The van der Waals surface area contributed by atoms with Crippen LogP contribution in [0.15, 0.2) is 35.5 Å². The Kier molecular flexibility index (Phi) is 4.45. The normalized spacial score (nSPS) is 12.3. The van der Waals surface area contributed by atoms with Crippen LogP contribution in [-0.2, 0) is 6.54 Å². The van der Waals surface area contributed by atoms with Crippen molar-refractivity contribution in [3.63, 3.8) is 0 Å². The Labute approximate surface area is 161 Å². The van der Waals surface area contributed by atoms with Crippen molar-refractivity contribution in [3.05, 3.63) is 47.3 Å². The van der Waals surface area contributed by atoms with Crippen LogP contribution >= 0.6 is 11.8 Å². The molecule has 6 nitrogen and oxygen atoms in total. The maximum absolute atomic E-state index is 12.8. The number of Topliss-reactive ketones (excluding diaryl/α,β-unsaturated/α-hetero) is 1. The molecular weight excluding hydrogens is 391 g/mol. The lowest BCUT2D eigenvalue weighted by Gasteiger charge is -2.12. The zero-order valence-corrected chi connectivity index (χ0v) is 15.9. The molecule has 146 valence electrons. The standard InChI is InChI=1S/C18H16F3N5OS/c1-10-7-12(11(2)25(10)9-18(19,20)21)15(27)8-28-17-24-23-16-22-13-5-3-4-6-14(13)26(16)17/h3-7H,8-9H2,1-2H3,(H,22,23). The molecule has 3 heterocycles. The summed E-state index contributed by atoms with van der Waals surface area (Å²) < 4.78 is 41.2. The Morgan fingerprint density at radius 2 is 2.00 bits per heavy atom. The second-order valence-corrected chi connectivity index (χ2v) is 7.41. The maximum Gasteiger partial charge on any atom is 0.406 e. The molecule has 0 saturated carbocycles. The number of hydrogen-bond donors (Lipinski definition) is 1. The van der Waals surface area contributed by atoms with Crippen LogP contribution in [0.2, 0.25) is 0 Å². The van der Waals surface area contributed by atoms with Gasteiger partial charge in [0.15, 0.2) is 10.9 Å². The maximum atomic E-state index is 12.8. The number of aromatic amines is 1. The smallest absolute Gasteiger partial charge is 0.339 e. The largest absolute Gasteiger partial charge is 0.406 e. The Morgan fingerprint density at radius 1 is 1.25 bits per heavy atom. The first-order valence-electron chi connectivity index (χ1n) is 8.45. The van der Waals surface area contributed by atoms with Gasteiger partial charge in [-0.25, -0.2) is 10.1 Å². The predicted molar refractivity (Wildman–Crippen MR) is 99.9 cm³/mol. The summed E-state index contributed by atoms with van der Waals surface area (Å²) in [4.78, 5) is 17.1. The number of thioether (sulfide) groups is 1. The Morgan fingerprint density at radius 3 is 2.75 bits per heavy atom. The number of H-pyrrole nitrogens is 1. The topological polar surface area (TPSA) is 68.0 Å². The van der Waals surface area contributed by atoms with Crippen molar-refractivity contribution < 1.29 is 18.0 Å². The molecule has 1 aromatic carbocycles. The Hall–Kier alpha value is -2.75. The van der Waals surface area contributed by atoms with Crippen molar-refractivity contribution in [1.82, 2.24) is 24.1 Å². The van der Waals surface area contributed by atoms with Crippen LogP contribution in [-0.4, -0.2) is 41.9 Å². The number of benzene rings is 1. The third-order valence-corrected chi connectivity index (χ3v) is 5.49. The first-order valence-corrected chi connectivity index (χ1v) is 9.44. The summed E-state index contributed by atoms with van der Waals surface area (Å²) in [5.74, 6) is 0.384. The summed E-state index contributed by atoms with van der Waals surface area (Å²) in [5.41, 5.74) is 2.70. The molecule has 1 N–H and O–H groups in total. The number of carbonyl (C=O) groups is 1. The summed E-state index contributed by atoms with van der Waals surface area (Å²) >= 11 is 1.22. The minimum absolute atomic E-state index is 0.0583. The Balaban J connectivity index is 1.57. The van der Waals surface area contributed by atoms with E-state index in [1.807, 2.05) is 28.7 Å². The summed E-state index contributed by atoms with van der Waals surface area (Å²) in [7, 11) is 0. The molecule has 0 amide bonds. The van der Waals surface area contributed by atoms with Crippen molar-refractivity contribution in [2.45, 2.75) is 31.7 Å². The van der Waals surface area contributed by atoms with Crippen LogP contribution in [0.5, 0.6) is 0 Å². The van der Waals surface area contributed by atoms with E-state index in [0.717, 1.165) is 15.6 Å². The van der Waals surface area contributed by atoms with Gasteiger partial charge < -0.3 is 4.57 Å². The molecule has 3 aromatic heterocycles. The monoisotopic (exact) mass is 407 g/mol. The first-order chi connectivity index (χ1) is 13.2. The number of aryl methyl sites for hydroxylation is 1. The predicted octanol–water partition coefficient (Wildman–Crippen LogP) is 4.17. The highest BCUT2D eigenvalue weighted by molar-refractivity contribution is 7.99. The summed E-state index contributed by atoms with van der Waals surface area (Å²) in [6.07, 6.45) is -4.34. The van der Waals surface area contributed by atoms with Gasteiger partial charge in [-0.2, -0.15) is 13.2 Å². The number of fused-ring (bicyclic) bond motifs is 3. The zero-order chi connectivity index (χ0) is 20.1. The summed E-state index contributed by atoms with van der Waals surface area (Å²) in [6, 6.07) is 9.07. The molecule has 0 aliphatic rings. The van der Waals surface area contributed by atoms with Gasteiger partial charge in [0.25, 0.3) is 0 Å². The minimum Gasteiger partial charge on any atom is -0.339 e. The molecule has 0 fully saturated rings. The number of carbonyl (C=O) groups excluding carboxylic acids is 1. The van der Waals surface area contributed by atoms with Crippen molar-refractivity contribution in [1.29, 1.82) is 0 Å². The number of halogens is 3. The lowest BCUT2D eigenvalue weighted by Crippen LogP contribution is -2.19. The fourth-order valence-electron chi connectivity index (χ4n) is 3.25. The van der Waals surface area contributed by atoms with E-state index in [0.29, 0.717) is 27.9 Å². The lowest BCUT2D eigenvalue weighted by atomic mass is 10.2. The number of para-hydroxylation sites is 2. The molecule has 10 heteroatoms.